The highest BCUT2D eigenvalue weighted by Gasteiger charge is 2.48. The summed E-state index contributed by atoms with van der Waals surface area (Å²) in [5.41, 5.74) is -2.12. The third-order valence-electron chi connectivity index (χ3n) is 7.50. The average molecular weight is 630 g/mol. The van der Waals surface area contributed by atoms with Crippen molar-refractivity contribution in [2.45, 2.75) is 55.8 Å². The van der Waals surface area contributed by atoms with Crippen LogP contribution in [0.25, 0.3) is 4.85 Å². The van der Waals surface area contributed by atoms with Crippen LogP contribution in [0.15, 0.2) is 58.8 Å². The number of urea groups is 2. The fraction of sp³-hybridized carbons (Fsp3) is 0.345. The number of piperidine rings is 1. The first-order valence-electron chi connectivity index (χ1n) is 13.3. The average Bonchev–Trinajstić information content (AvgIpc) is 2.95. The molecule has 1 fully saturated rings. The van der Waals surface area contributed by atoms with Crippen molar-refractivity contribution in [3.63, 3.8) is 0 Å². The van der Waals surface area contributed by atoms with Crippen molar-refractivity contribution in [2.75, 3.05) is 17.7 Å². The van der Waals surface area contributed by atoms with Gasteiger partial charge in [-0.2, -0.15) is 18.4 Å². The van der Waals surface area contributed by atoms with Gasteiger partial charge in [0.1, 0.15) is 6.04 Å². The van der Waals surface area contributed by atoms with Crippen LogP contribution >= 0.6 is 0 Å². The third-order valence-corrected chi connectivity index (χ3v) is 8.65. The molecule has 2 aliphatic heterocycles. The lowest BCUT2D eigenvalue weighted by Crippen LogP contribution is -2.58. The van der Waals surface area contributed by atoms with Crippen LogP contribution in [0, 0.1) is 17.9 Å². The molecule has 15 heteroatoms. The maximum absolute atomic E-state index is 14.3. The van der Waals surface area contributed by atoms with Gasteiger partial charge < -0.3 is 10.0 Å². The molecule has 1 N–H and O–H groups in total. The minimum Gasteiger partial charge on any atom is -0.481 e. The number of nitriles is 1. The maximum atomic E-state index is 14.3. The number of rotatable bonds is 5. The third kappa shape index (κ3) is 6.09. The van der Waals surface area contributed by atoms with Gasteiger partial charge in [-0.3, -0.25) is 9.69 Å². The second kappa shape index (κ2) is 12.0. The van der Waals surface area contributed by atoms with Gasteiger partial charge in [0.05, 0.1) is 35.1 Å². The molecule has 0 radical (unpaired) electrons. The lowest BCUT2D eigenvalue weighted by molar-refractivity contribution is -0.139. The van der Waals surface area contributed by atoms with Crippen molar-refractivity contribution in [2.24, 2.45) is 0 Å². The SMILES string of the molecule is [C-]#[N+]C1=C(C)N(c2cccc(C(F)(F)F)c2)C(=O)N(C(=O)N2CCCCC2CC(=O)O)[C@@H]1c1ccc(C#N)cc1S(C)(=O)=O. The Labute approximate surface area is 251 Å². The molecular weight excluding hydrogens is 603 g/mol. The zero-order chi connectivity index (χ0) is 32.6. The summed E-state index contributed by atoms with van der Waals surface area (Å²) in [4.78, 5) is 45.8. The van der Waals surface area contributed by atoms with E-state index in [2.05, 4.69) is 4.85 Å². The van der Waals surface area contributed by atoms with E-state index in [0.717, 1.165) is 29.4 Å². The minimum absolute atomic E-state index is 0.0409. The number of halogens is 3. The Kier molecular flexibility index (Phi) is 8.74. The Hall–Kier alpha value is -4.89. The number of likely N-dealkylation sites (tertiary alicyclic amines) is 1. The molecule has 2 heterocycles. The van der Waals surface area contributed by atoms with E-state index in [-0.39, 0.29) is 41.2 Å². The number of carboxylic acid groups (broad SMARTS) is 1. The number of imide groups is 1. The normalized spacial score (nSPS) is 19.4. The molecular formula is C29H26F3N5O6S. The quantitative estimate of drug-likeness (QED) is 0.427. The van der Waals surface area contributed by atoms with Crippen molar-refractivity contribution in [1.82, 2.24) is 9.80 Å². The number of alkyl halides is 3. The Morgan fingerprint density at radius 2 is 1.89 bits per heavy atom. The Balaban J connectivity index is 2.02. The van der Waals surface area contributed by atoms with Gasteiger partial charge in [-0.25, -0.2) is 27.8 Å². The molecule has 0 bridgehead atoms. The van der Waals surface area contributed by atoms with E-state index < -0.39 is 63.0 Å². The van der Waals surface area contributed by atoms with Crippen molar-refractivity contribution >= 4 is 33.6 Å². The van der Waals surface area contributed by atoms with Crippen molar-refractivity contribution in [1.29, 1.82) is 5.26 Å². The molecule has 44 heavy (non-hydrogen) atoms. The van der Waals surface area contributed by atoms with Gasteiger partial charge in [-0.15, -0.1) is 0 Å². The lowest BCUT2D eigenvalue weighted by Gasteiger charge is -2.45. The molecule has 230 valence electrons. The predicted molar refractivity (Wildman–Crippen MR) is 149 cm³/mol. The Bertz CT molecular complexity index is 1760. The van der Waals surface area contributed by atoms with Crippen molar-refractivity contribution < 1.29 is 41.1 Å². The number of allylic oxidation sites excluding steroid dienone is 1. The fourth-order valence-corrected chi connectivity index (χ4v) is 6.45. The highest BCUT2D eigenvalue weighted by Crippen LogP contribution is 2.44. The first-order chi connectivity index (χ1) is 20.6. The van der Waals surface area contributed by atoms with Crippen LogP contribution in [0.5, 0.6) is 0 Å². The summed E-state index contributed by atoms with van der Waals surface area (Å²) in [7, 11) is -4.13. The molecule has 2 aromatic carbocycles. The summed E-state index contributed by atoms with van der Waals surface area (Å²) in [6.45, 7) is 9.33. The molecule has 0 aliphatic carbocycles. The van der Waals surface area contributed by atoms with Crippen molar-refractivity contribution in [3.05, 3.63) is 82.0 Å². The molecule has 2 aliphatic rings. The van der Waals surface area contributed by atoms with Gasteiger partial charge >= 0.3 is 24.2 Å². The summed E-state index contributed by atoms with van der Waals surface area (Å²) in [6, 6.07) is 4.32. The second-order valence-corrected chi connectivity index (χ2v) is 12.4. The van der Waals surface area contributed by atoms with Gasteiger partial charge in [0.15, 0.2) is 9.84 Å². The van der Waals surface area contributed by atoms with Crippen LogP contribution in [-0.4, -0.2) is 60.2 Å². The minimum atomic E-state index is -4.78. The number of benzene rings is 2. The van der Waals surface area contributed by atoms with Crippen LogP contribution in [0.2, 0.25) is 0 Å². The summed E-state index contributed by atoms with van der Waals surface area (Å²) < 4.78 is 66.6. The molecule has 2 aromatic rings. The highest BCUT2D eigenvalue weighted by atomic mass is 32.2. The summed E-state index contributed by atoms with van der Waals surface area (Å²) in [5.74, 6) is -1.20. The Morgan fingerprint density at radius 1 is 1.18 bits per heavy atom. The highest BCUT2D eigenvalue weighted by molar-refractivity contribution is 7.90. The number of hydrogen-bond donors (Lipinski definition) is 1. The summed E-state index contributed by atoms with van der Waals surface area (Å²) in [5, 5.41) is 18.9. The van der Waals surface area contributed by atoms with E-state index in [0.29, 0.717) is 23.8 Å². The molecule has 0 saturated carbocycles. The van der Waals surface area contributed by atoms with Gasteiger partial charge in [0.2, 0.25) is 5.70 Å². The largest absolute Gasteiger partial charge is 0.481 e. The number of aliphatic carboxylic acids is 1. The zero-order valence-corrected chi connectivity index (χ0v) is 24.3. The van der Waals surface area contributed by atoms with Gasteiger partial charge in [0, 0.05) is 30.2 Å². The molecule has 4 rings (SSSR count). The van der Waals surface area contributed by atoms with E-state index in [1.54, 1.807) is 0 Å². The first-order valence-corrected chi connectivity index (χ1v) is 15.1. The van der Waals surface area contributed by atoms with Crippen LogP contribution in [0.1, 0.15) is 55.3 Å². The number of amides is 4. The monoisotopic (exact) mass is 629 g/mol. The topological polar surface area (TPSA) is 143 Å². The molecule has 0 aromatic heterocycles. The summed E-state index contributed by atoms with van der Waals surface area (Å²) >= 11 is 0. The van der Waals surface area contributed by atoms with Crippen molar-refractivity contribution in [3.8, 4) is 6.07 Å². The number of sulfone groups is 1. The molecule has 4 amide bonds. The lowest BCUT2D eigenvalue weighted by atomic mass is 9.96. The van der Waals surface area contributed by atoms with E-state index in [4.69, 9.17) is 6.57 Å². The number of carbonyl (C=O) groups excluding carboxylic acids is 2. The summed E-state index contributed by atoms with van der Waals surface area (Å²) in [6.07, 6.45) is -3.04. The van der Waals surface area contributed by atoms with Gasteiger partial charge in [-0.05, 0) is 62.1 Å². The smallest absolute Gasteiger partial charge is 0.416 e. The number of carbonyl (C=O) groups is 3. The molecule has 0 spiro atoms. The van der Waals surface area contributed by atoms with Crippen LogP contribution < -0.4 is 4.90 Å². The standard InChI is InChI=1S/C29H26F3N5O6S/c1-17-25(34-2)26(22-11-10-18(16-33)13-23(22)44(3,42)43)37(27(40)35-12-5-4-8-20(35)15-24(38)39)28(41)36(17)21-9-6-7-19(14-21)29(30,31)32/h6-7,9-11,13-14,20,26H,4-5,8,12,15H2,1,3H3,(H,38,39)/t20?,26-/m1/s1. The number of hydrogen-bond acceptors (Lipinski definition) is 6. The number of nitrogens with zero attached hydrogens (tertiary/aromatic N) is 5. The predicted octanol–water partition coefficient (Wildman–Crippen LogP) is 5.56. The molecule has 11 nitrogen and oxygen atoms in total. The van der Waals surface area contributed by atoms with E-state index in [9.17, 15) is 46.3 Å². The Morgan fingerprint density at radius 3 is 2.48 bits per heavy atom. The molecule has 2 atom stereocenters. The first kappa shape index (κ1) is 32.0. The molecule has 1 saturated heterocycles. The zero-order valence-electron chi connectivity index (χ0n) is 23.5. The van der Waals surface area contributed by atoms with Crippen LogP contribution in [0.4, 0.5) is 28.4 Å². The van der Waals surface area contributed by atoms with Crippen LogP contribution in [-0.2, 0) is 20.8 Å². The fourth-order valence-electron chi connectivity index (χ4n) is 5.50. The van der Waals surface area contributed by atoms with Gasteiger partial charge in [-0.1, -0.05) is 12.1 Å². The second-order valence-electron chi connectivity index (χ2n) is 10.4. The maximum Gasteiger partial charge on any atom is 0.416 e. The van der Waals surface area contributed by atoms with E-state index >= 15 is 0 Å². The number of anilines is 1. The molecule has 1 unspecified atom stereocenters. The van der Waals surface area contributed by atoms with Crippen LogP contribution in [0.3, 0.4) is 0 Å². The van der Waals surface area contributed by atoms with E-state index in [1.165, 1.54) is 30.0 Å². The van der Waals surface area contributed by atoms with E-state index in [1.807, 2.05) is 6.07 Å². The number of carboxylic acids is 1. The van der Waals surface area contributed by atoms with Gasteiger partial charge in [0.25, 0.3) is 0 Å².